The number of nitrogens with zero attached hydrogens (tertiary/aromatic N) is 2. The van der Waals surface area contributed by atoms with Gasteiger partial charge in [-0.2, -0.15) is 0 Å². The second-order valence-electron chi connectivity index (χ2n) is 5.62. The largest absolute Gasteiger partial charge is 0.444 e. The zero-order valence-corrected chi connectivity index (χ0v) is 11.6. The molecular weight excluding hydrogens is 218 g/mol. The third-order valence-corrected chi connectivity index (χ3v) is 2.87. The third kappa shape index (κ3) is 4.52. The van der Waals surface area contributed by atoms with Crippen molar-refractivity contribution in [3.05, 3.63) is 0 Å². The Balaban J connectivity index is 2.52. The Labute approximate surface area is 104 Å². The number of likely N-dealkylation sites (N-methyl/N-ethyl adjacent to an activating group) is 2. The van der Waals surface area contributed by atoms with Gasteiger partial charge in [-0.3, -0.25) is 4.90 Å². The summed E-state index contributed by atoms with van der Waals surface area (Å²) in [6.07, 6.45) is -0.202. The number of amides is 1. The Morgan fingerprint density at radius 3 is 2.59 bits per heavy atom. The molecule has 1 rings (SSSR count). The van der Waals surface area contributed by atoms with Crippen molar-refractivity contribution < 1.29 is 9.53 Å². The molecule has 1 fully saturated rings. The highest BCUT2D eigenvalue weighted by Crippen LogP contribution is 2.13. The van der Waals surface area contributed by atoms with Gasteiger partial charge in [0.05, 0.1) is 0 Å². The lowest BCUT2D eigenvalue weighted by Crippen LogP contribution is -2.56. The zero-order chi connectivity index (χ0) is 13.1. The number of hydrogen-bond acceptors (Lipinski definition) is 4. The highest BCUT2D eigenvalue weighted by Gasteiger charge is 2.29. The maximum Gasteiger partial charge on any atom is 0.410 e. The molecule has 1 N–H and O–H groups in total. The van der Waals surface area contributed by atoms with Crippen LogP contribution in [0.25, 0.3) is 0 Å². The SMILES string of the molecule is CNCC1CN(C(=O)OC(C)(C)C)CCN1C. The number of ether oxygens (including phenoxy) is 1. The van der Waals surface area contributed by atoms with Crippen LogP contribution in [-0.2, 0) is 4.74 Å². The Bertz CT molecular complexity index is 263. The summed E-state index contributed by atoms with van der Waals surface area (Å²) in [4.78, 5) is 16.0. The lowest BCUT2D eigenvalue weighted by atomic mass is 10.2. The van der Waals surface area contributed by atoms with Crippen molar-refractivity contribution in [3.8, 4) is 0 Å². The Morgan fingerprint density at radius 2 is 2.06 bits per heavy atom. The second kappa shape index (κ2) is 5.69. The van der Waals surface area contributed by atoms with Crippen molar-refractivity contribution in [2.24, 2.45) is 0 Å². The molecule has 1 aliphatic heterocycles. The van der Waals surface area contributed by atoms with Gasteiger partial charge in [0.25, 0.3) is 0 Å². The number of rotatable bonds is 2. The predicted octanol–water partition coefficient (Wildman–Crippen LogP) is 0.757. The number of carbonyl (C=O) groups excluding carboxylic acids is 1. The van der Waals surface area contributed by atoms with Crippen LogP contribution in [0.1, 0.15) is 20.8 Å². The first-order chi connectivity index (χ1) is 7.83. The van der Waals surface area contributed by atoms with Gasteiger partial charge < -0.3 is 15.0 Å². The quantitative estimate of drug-likeness (QED) is 0.777. The van der Waals surface area contributed by atoms with E-state index in [2.05, 4.69) is 17.3 Å². The van der Waals surface area contributed by atoms with E-state index >= 15 is 0 Å². The molecule has 5 heteroatoms. The summed E-state index contributed by atoms with van der Waals surface area (Å²) in [6, 6.07) is 0.362. The van der Waals surface area contributed by atoms with E-state index in [0.717, 1.165) is 26.2 Å². The number of carbonyl (C=O) groups is 1. The summed E-state index contributed by atoms with van der Waals surface area (Å²) < 4.78 is 5.39. The van der Waals surface area contributed by atoms with E-state index in [1.807, 2.05) is 27.8 Å². The maximum atomic E-state index is 11.9. The molecule has 0 saturated carbocycles. The Morgan fingerprint density at radius 1 is 1.41 bits per heavy atom. The van der Waals surface area contributed by atoms with Gasteiger partial charge in [0, 0.05) is 32.2 Å². The highest BCUT2D eigenvalue weighted by atomic mass is 16.6. The van der Waals surface area contributed by atoms with E-state index in [0.29, 0.717) is 6.04 Å². The first-order valence-corrected chi connectivity index (χ1v) is 6.16. The van der Waals surface area contributed by atoms with Crippen LogP contribution >= 0.6 is 0 Å². The predicted molar refractivity (Wildman–Crippen MR) is 68.2 cm³/mol. The van der Waals surface area contributed by atoms with Crippen molar-refractivity contribution in [3.63, 3.8) is 0 Å². The van der Waals surface area contributed by atoms with Gasteiger partial charge in [-0.1, -0.05) is 0 Å². The van der Waals surface area contributed by atoms with E-state index in [9.17, 15) is 4.79 Å². The summed E-state index contributed by atoms with van der Waals surface area (Å²) in [7, 11) is 4.02. The first kappa shape index (κ1) is 14.3. The van der Waals surface area contributed by atoms with Crippen molar-refractivity contribution in [2.75, 3.05) is 40.3 Å². The molecule has 1 atom stereocenters. The maximum absolute atomic E-state index is 11.9. The summed E-state index contributed by atoms with van der Waals surface area (Å²) in [5, 5.41) is 3.16. The Hall–Kier alpha value is -0.810. The van der Waals surface area contributed by atoms with Crippen LogP contribution in [0.3, 0.4) is 0 Å². The van der Waals surface area contributed by atoms with Crippen molar-refractivity contribution in [2.45, 2.75) is 32.4 Å². The van der Waals surface area contributed by atoms with Crippen molar-refractivity contribution >= 4 is 6.09 Å². The summed E-state index contributed by atoms with van der Waals surface area (Å²) in [6.45, 7) is 8.93. The standard InChI is InChI=1S/C12H25N3O2/c1-12(2,3)17-11(16)15-7-6-14(5)10(9-15)8-13-4/h10,13H,6-9H2,1-5H3. The van der Waals surface area contributed by atoms with Gasteiger partial charge >= 0.3 is 6.09 Å². The summed E-state index contributed by atoms with van der Waals surface area (Å²) >= 11 is 0. The van der Waals surface area contributed by atoms with Gasteiger partial charge in [-0.25, -0.2) is 4.79 Å². The molecule has 0 radical (unpaired) electrons. The number of hydrogen-bond donors (Lipinski definition) is 1. The van der Waals surface area contributed by atoms with Crippen molar-refractivity contribution in [1.82, 2.24) is 15.1 Å². The molecule has 0 aromatic carbocycles. The smallest absolute Gasteiger partial charge is 0.410 e. The van der Waals surface area contributed by atoms with Gasteiger partial charge in [-0.15, -0.1) is 0 Å². The van der Waals surface area contributed by atoms with E-state index in [1.165, 1.54) is 0 Å². The number of piperazine rings is 1. The molecular formula is C12H25N3O2. The van der Waals surface area contributed by atoms with Crippen LogP contribution in [0, 0.1) is 0 Å². The fourth-order valence-corrected chi connectivity index (χ4v) is 1.89. The normalized spacial score (nSPS) is 22.6. The molecule has 17 heavy (non-hydrogen) atoms. The molecule has 1 heterocycles. The molecule has 5 nitrogen and oxygen atoms in total. The fraction of sp³-hybridized carbons (Fsp3) is 0.917. The van der Waals surface area contributed by atoms with Gasteiger partial charge in [0.2, 0.25) is 0 Å². The zero-order valence-electron chi connectivity index (χ0n) is 11.6. The Kier molecular flexibility index (Phi) is 4.77. The van der Waals surface area contributed by atoms with Crippen LogP contribution < -0.4 is 5.32 Å². The first-order valence-electron chi connectivity index (χ1n) is 6.16. The molecule has 1 aliphatic rings. The topological polar surface area (TPSA) is 44.8 Å². The third-order valence-electron chi connectivity index (χ3n) is 2.87. The molecule has 1 unspecified atom stereocenters. The molecule has 100 valence electrons. The van der Waals surface area contributed by atoms with Crippen LogP contribution in [0.5, 0.6) is 0 Å². The lowest BCUT2D eigenvalue weighted by Gasteiger charge is -2.39. The van der Waals surface area contributed by atoms with Crippen LogP contribution in [0.2, 0.25) is 0 Å². The van der Waals surface area contributed by atoms with Gasteiger partial charge in [0.15, 0.2) is 0 Å². The molecule has 1 amide bonds. The minimum atomic E-state index is -0.418. The monoisotopic (exact) mass is 243 g/mol. The van der Waals surface area contributed by atoms with Crippen LogP contribution in [-0.4, -0.2) is 67.8 Å². The second-order valence-corrected chi connectivity index (χ2v) is 5.62. The van der Waals surface area contributed by atoms with Crippen LogP contribution in [0.4, 0.5) is 4.79 Å². The average molecular weight is 243 g/mol. The molecule has 1 saturated heterocycles. The average Bonchev–Trinajstić information content (AvgIpc) is 2.19. The molecule has 0 bridgehead atoms. The molecule has 0 spiro atoms. The fourth-order valence-electron chi connectivity index (χ4n) is 1.89. The van der Waals surface area contributed by atoms with Crippen molar-refractivity contribution in [1.29, 1.82) is 0 Å². The van der Waals surface area contributed by atoms with E-state index in [4.69, 9.17) is 4.74 Å². The highest BCUT2D eigenvalue weighted by molar-refractivity contribution is 5.68. The molecule has 0 aromatic heterocycles. The minimum absolute atomic E-state index is 0.202. The van der Waals surface area contributed by atoms with Gasteiger partial charge in [0.1, 0.15) is 5.60 Å². The minimum Gasteiger partial charge on any atom is -0.444 e. The van der Waals surface area contributed by atoms with Crippen LogP contribution in [0.15, 0.2) is 0 Å². The van der Waals surface area contributed by atoms with E-state index < -0.39 is 5.60 Å². The lowest BCUT2D eigenvalue weighted by molar-refractivity contribution is 0.00787. The summed E-state index contributed by atoms with van der Waals surface area (Å²) in [5.41, 5.74) is -0.418. The van der Waals surface area contributed by atoms with Gasteiger partial charge in [-0.05, 0) is 34.9 Å². The molecule has 0 aliphatic carbocycles. The van der Waals surface area contributed by atoms with E-state index in [-0.39, 0.29) is 6.09 Å². The van der Waals surface area contributed by atoms with E-state index in [1.54, 1.807) is 4.90 Å². The number of nitrogens with one attached hydrogen (secondary N) is 1. The molecule has 0 aromatic rings. The summed E-state index contributed by atoms with van der Waals surface area (Å²) in [5.74, 6) is 0.